The second-order valence-electron chi connectivity index (χ2n) is 3.27. The highest BCUT2D eigenvalue weighted by Gasteiger charge is 2.11. The Hall–Kier alpha value is -1.55. The summed E-state index contributed by atoms with van der Waals surface area (Å²) in [6.45, 7) is 2.03. The van der Waals surface area contributed by atoms with Gasteiger partial charge in [-0.05, 0) is 19.1 Å². The maximum Gasteiger partial charge on any atom is 0.128 e. The molecule has 0 aliphatic rings. The van der Waals surface area contributed by atoms with Gasteiger partial charge in [-0.25, -0.2) is 4.98 Å². The normalized spacial score (nSPS) is 10.3. The van der Waals surface area contributed by atoms with E-state index in [1.807, 2.05) is 25.1 Å². The summed E-state index contributed by atoms with van der Waals surface area (Å²) >= 11 is 1.44. The minimum Gasteiger partial charge on any atom is -0.496 e. The monoisotopic (exact) mass is 220 g/mol. The molecular formula is C11H12N2OS. The third kappa shape index (κ3) is 1.80. The number of nitrogen functional groups attached to an aromatic ring is 1. The van der Waals surface area contributed by atoms with Gasteiger partial charge in [-0.3, -0.25) is 0 Å². The van der Waals surface area contributed by atoms with Crippen LogP contribution in [-0.2, 0) is 0 Å². The van der Waals surface area contributed by atoms with Gasteiger partial charge in [-0.15, -0.1) is 11.3 Å². The standard InChI is InChI=1S/C11H12N2OS/c1-7-3-4-9(14-2)8(5-7)10-11(12)15-6-13-10/h3-6H,12H2,1-2H3. The van der Waals surface area contributed by atoms with Crippen molar-refractivity contribution in [3.05, 3.63) is 29.3 Å². The minimum absolute atomic E-state index is 0.721. The molecule has 0 bridgehead atoms. The SMILES string of the molecule is COc1ccc(C)cc1-c1ncsc1N. The maximum absolute atomic E-state index is 5.85. The molecule has 15 heavy (non-hydrogen) atoms. The first-order chi connectivity index (χ1) is 7.22. The molecule has 3 nitrogen and oxygen atoms in total. The first-order valence-corrected chi connectivity index (χ1v) is 5.44. The Bertz CT molecular complexity index is 479. The Kier molecular flexibility index (Phi) is 2.60. The molecule has 0 aliphatic heterocycles. The molecule has 1 heterocycles. The van der Waals surface area contributed by atoms with Gasteiger partial charge >= 0.3 is 0 Å². The fraction of sp³-hybridized carbons (Fsp3) is 0.182. The Balaban J connectivity index is 2.60. The van der Waals surface area contributed by atoms with Crippen LogP contribution in [0.25, 0.3) is 11.3 Å². The summed E-state index contributed by atoms with van der Waals surface area (Å²) in [7, 11) is 1.65. The van der Waals surface area contributed by atoms with Crippen LogP contribution in [0.2, 0.25) is 0 Å². The zero-order valence-electron chi connectivity index (χ0n) is 8.65. The molecule has 0 spiro atoms. The summed E-state index contributed by atoms with van der Waals surface area (Å²) < 4.78 is 5.29. The quantitative estimate of drug-likeness (QED) is 0.846. The predicted octanol–water partition coefficient (Wildman–Crippen LogP) is 2.71. The van der Waals surface area contributed by atoms with E-state index in [2.05, 4.69) is 4.98 Å². The number of nitrogens with two attached hydrogens (primary N) is 1. The molecular weight excluding hydrogens is 208 g/mol. The minimum atomic E-state index is 0.721. The second-order valence-corrected chi connectivity index (χ2v) is 4.16. The van der Waals surface area contributed by atoms with Crippen molar-refractivity contribution in [2.75, 3.05) is 12.8 Å². The fourth-order valence-corrected chi connectivity index (χ4v) is 2.01. The maximum atomic E-state index is 5.85. The number of benzene rings is 1. The van der Waals surface area contributed by atoms with Crippen molar-refractivity contribution in [3.8, 4) is 17.0 Å². The number of aryl methyl sites for hydroxylation is 1. The van der Waals surface area contributed by atoms with E-state index >= 15 is 0 Å². The van der Waals surface area contributed by atoms with E-state index in [0.29, 0.717) is 0 Å². The van der Waals surface area contributed by atoms with Gasteiger partial charge in [0.05, 0.1) is 12.6 Å². The predicted molar refractivity (Wildman–Crippen MR) is 63.3 cm³/mol. The molecule has 0 atom stereocenters. The van der Waals surface area contributed by atoms with Crippen molar-refractivity contribution in [1.82, 2.24) is 4.98 Å². The molecule has 78 valence electrons. The lowest BCUT2D eigenvalue weighted by Gasteiger charge is -2.07. The highest BCUT2D eigenvalue weighted by molar-refractivity contribution is 7.14. The van der Waals surface area contributed by atoms with Crippen molar-refractivity contribution in [2.45, 2.75) is 6.92 Å². The molecule has 2 aromatic rings. The zero-order chi connectivity index (χ0) is 10.8. The molecule has 0 saturated heterocycles. The summed E-state index contributed by atoms with van der Waals surface area (Å²) in [5, 5.41) is 0.721. The van der Waals surface area contributed by atoms with Gasteiger partial charge in [0, 0.05) is 5.56 Å². The molecule has 4 heteroatoms. The highest BCUT2D eigenvalue weighted by Crippen LogP contribution is 2.34. The largest absolute Gasteiger partial charge is 0.496 e. The molecule has 0 aliphatic carbocycles. The first kappa shape index (κ1) is 9.98. The third-order valence-corrected chi connectivity index (χ3v) is 2.86. The van der Waals surface area contributed by atoms with Gasteiger partial charge in [0.1, 0.15) is 16.4 Å². The molecule has 0 saturated carbocycles. The summed E-state index contributed by atoms with van der Waals surface area (Å²) in [6.07, 6.45) is 0. The van der Waals surface area contributed by atoms with E-state index in [0.717, 1.165) is 22.0 Å². The number of aromatic nitrogens is 1. The van der Waals surface area contributed by atoms with Gasteiger partial charge in [0.15, 0.2) is 0 Å². The fourth-order valence-electron chi connectivity index (χ4n) is 1.46. The van der Waals surface area contributed by atoms with E-state index in [9.17, 15) is 0 Å². The first-order valence-electron chi connectivity index (χ1n) is 4.56. The van der Waals surface area contributed by atoms with Gasteiger partial charge in [-0.2, -0.15) is 0 Å². The van der Waals surface area contributed by atoms with E-state index < -0.39 is 0 Å². The van der Waals surface area contributed by atoms with E-state index in [-0.39, 0.29) is 0 Å². The topological polar surface area (TPSA) is 48.1 Å². The Morgan fingerprint density at radius 1 is 1.40 bits per heavy atom. The summed E-state index contributed by atoms with van der Waals surface area (Å²) in [5.74, 6) is 0.804. The van der Waals surface area contributed by atoms with Gasteiger partial charge < -0.3 is 10.5 Å². The lowest BCUT2D eigenvalue weighted by atomic mass is 10.1. The third-order valence-electron chi connectivity index (χ3n) is 2.20. The van der Waals surface area contributed by atoms with E-state index in [1.54, 1.807) is 12.6 Å². The van der Waals surface area contributed by atoms with Crippen LogP contribution in [0.4, 0.5) is 5.00 Å². The molecule has 0 fully saturated rings. The molecule has 0 unspecified atom stereocenters. The van der Waals surface area contributed by atoms with Gasteiger partial charge in [0.25, 0.3) is 0 Å². The number of hydrogen-bond acceptors (Lipinski definition) is 4. The number of ether oxygens (including phenoxy) is 1. The van der Waals surface area contributed by atoms with E-state index in [1.165, 1.54) is 16.9 Å². The van der Waals surface area contributed by atoms with Crippen molar-refractivity contribution in [3.63, 3.8) is 0 Å². The van der Waals surface area contributed by atoms with Crippen LogP contribution in [0.15, 0.2) is 23.7 Å². The highest BCUT2D eigenvalue weighted by atomic mass is 32.1. The Morgan fingerprint density at radius 2 is 2.20 bits per heavy atom. The lowest BCUT2D eigenvalue weighted by Crippen LogP contribution is -1.91. The number of hydrogen-bond donors (Lipinski definition) is 1. The molecule has 2 rings (SSSR count). The number of anilines is 1. The van der Waals surface area contributed by atoms with Crippen molar-refractivity contribution >= 4 is 16.3 Å². The van der Waals surface area contributed by atoms with Crippen LogP contribution in [-0.4, -0.2) is 12.1 Å². The summed E-state index contributed by atoms with van der Waals surface area (Å²) in [5.41, 5.74) is 10.5. The van der Waals surface area contributed by atoms with Crippen molar-refractivity contribution < 1.29 is 4.74 Å². The van der Waals surface area contributed by atoms with Crippen LogP contribution >= 0.6 is 11.3 Å². The second kappa shape index (κ2) is 3.90. The molecule has 2 N–H and O–H groups in total. The average Bonchev–Trinajstić information content (AvgIpc) is 2.64. The van der Waals surface area contributed by atoms with Crippen LogP contribution < -0.4 is 10.5 Å². The number of rotatable bonds is 2. The van der Waals surface area contributed by atoms with E-state index in [4.69, 9.17) is 10.5 Å². The zero-order valence-corrected chi connectivity index (χ0v) is 9.47. The molecule has 0 amide bonds. The molecule has 0 radical (unpaired) electrons. The Labute approximate surface area is 92.5 Å². The summed E-state index contributed by atoms with van der Waals surface area (Å²) in [4.78, 5) is 4.25. The molecule has 1 aromatic heterocycles. The number of nitrogens with zero attached hydrogens (tertiary/aromatic N) is 1. The van der Waals surface area contributed by atoms with Crippen molar-refractivity contribution in [2.24, 2.45) is 0 Å². The van der Waals surface area contributed by atoms with Crippen molar-refractivity contribution in [1.29, 1.82) is 0 Å². The van der Waals surface area contributed by atoms with Crippen LogP contribution in [0.5, 0.6) is 5.75 Å². The van der Waals surface area contributed by atoms with Gasteiger partial charge in [0.2, 0.25) is 0 Å². The van der Waals surface area contributed by atoms with Crippen LogP contribution in [0, 0.1) is 6.92 Å². The number of methoxy groups -OCH3 is 1. The van der Waals surface area contributed by atoms with Crippen LogP contribution in [0.1, 0.15) is 5.56 Å². The molecule has 1 aromatic carbocycles. The smallest absolute Gasteiger partial charge is 0.128 e. The number of thiazole rings is 1. The van der Waals surface area contributed by atoms with Crippen LogP contribution in [0.3, 0.4) is 0 Å². The average molecular weight is 220 g/mol. The van der Waals surface area contributed by atoms with Gasteiger partial charge in [-0.1, -0.05) is 11.6 Å². The Morgan fingerprint density at radius 3 is 2.80 bits per heavy atom. The lowest BCUT2D eigenvalue weighted by molar-refractivity contribution is 0.416. The summed E-state index contributed by atoms with van der Waals surface area (Å²) in [6, 6.07) is 5.97.